The van der Waals surface area contributed by atoms with Gasteiger partial charge in [-0.3, -0.25) is 0 Å². The summed E-state index contributed by atoms with van der Waals surface area (Å²) in [4.78, 5) is 10.8. The van der Waals surface area contributed by atoms with Crippen molar-refractivity contribution in [3.8, 4) is 0 Å². The zero-order chi connectivity index (χ0) is 15.6. The fourth-order valence-electron chi connectivity index (χ4n) is 1.12. The molecule has 0 heterocycles. The molecule has 0 atom stereocenters. The Balaban J connectivity index is 2.80. The van der Waals surface area contributed by atoms with Gasteiger partial charge in [-0.2, -0.15) is 30.7 Å². The third-order valence-corrected chi connectivity index (χ3v) is 2.22. The number of carbonyl (C=O) groups is 1. The Kier molecular flexibility index (Phi) is 4.30. The third kappa shape index (κ3) is 3.02. The van der Waals surface area contributed by atoms with Gasteiger partial charge in [-0.15, -0.1) is 0 Å². The summed E-state index contributed by atoms with van der Waals surface area (Å²) in [6.45, 7) is -0.844. The highest BCUT2D eigenvalue weighted by Crippen LogP contribution is 2.47. The Morgan fingerprint density at radius 2 is 1.45 bits per heavy atom. The molecule has 0 fully saturated rings. The van der Waals surface area contributed by atoms with Gasteiger partial charge in [0, 0.05) is 0 Å². The lowest BCUT2D eigenvalue weighted by molar-refractivity contribution is -0.348. The molecule has 0 aliphatic carbocycles. The summed E-state index contributed by atoms with van der Waals surface area (Å²) in [6.07, 6.45) is -6.57. The van der Waals surface area contributed by atoms with Crippen molar-refractivity contribution < 1.29 is 40.3 Å². The van der Waals surface area contributed by atoms with E-state index in [1.54, 1.807) is 0 Å². The van der Waals surface area contributed by atoms with Crippen molar-refractivity contribution in [3.05, 3.63) is 35.9 Å². The number of esters is 1. The molecule has 0 spiro atoms. The lowest BCUT2D eigenvalue weighted by atomic mass is 10.1. The second-order valence-corrected chi connectivity index (χ2v) is 3.71. The minimum atomic E-state index is -6.57. The molecule has 0 unspecified atom stereocenters. The number of hydrogen-bond donors (Lipinski definition) is 0. The highest BCUT2D eigenvalue weighted by atomic mass is 19.4. The molecule has 0 saturated carbocycles. The molecule has 0 aromatic heterocycles. The minimum Gasteiger partial charge on any atom is -0.456 e. The SMILES string of the molecule is O=C(OCc1ccccc1)C(F)(F)C(F)(F)C(F)(F)F. The topological polar surface area (TPSA) is 26.3 Å². The van der Waals surface area contributed by atoms with E-state index in [1.165, 1.54) is 30.3 Å². The maximum absolute atomic E-state index is 12.8. The van der Waals surface area contributed by atoms with Crippen LogP contribution in [-0.2, 0) is 16.1 Å². The average Bonchev–Trinajstić information content (AvgIpc) is 2.35. The summed E-state index contributed by atoms with van der Waals surface area (Å²) in [7, 11) is 0. The summed E-state index contributed by atoms with van der Waals surface area (Å²) in [5, 5.41) is 0. The van der Waals surface area contributed by atoms with E-state index in [1.807, 2.05) is 0 Å². The molecule has 2 nitrogen and oxygen atoms in total. The fourth-order valence-corrected chi connectivity index (χ4v) is 1.12. The normalized spacial score (nSPS) is 13.2. The van der Waals surface area contributed by atoms with E-state index < -0.39 is 30.6 Å². The van der Waals surface area contributed by atoms with Gasteiger partial charge in [0.2, 0.25) is 0 Å². The summed E-state index contributed by atoms with van der Waals surface area (Å²) in [6, 6.07) is 7.04. The highest BCUT2D eigenvalue weighted by molar-refractivity contribution is 5.79. The van der Waals surface area contributed by atoms with Crippen molar-refractivity contribution in [2.24, 2.45) is 0 Å². The van der Waals surface area contributed by atoms with Gasteiger partial charge in [-0.05, 0) is 5.56 Å². The van der Waals surface area contributed by atoms with E-state index in [9.17, 15) is 35.5 Å². The van der Waals surface area contributed by atoms with Crippen molar-refractivity contribution in [1.82, 2.24) is 0 Å². The Morgan fingerprint density at radius 1 is 0.950 bits per heavy atom. The maximum Gasteiger partial charge on any atom is 0.460 e. The molecule has 1 rings (SSSR count). The van der Waals surface area contributed by atoms with Crippen LogP contribution in [0.25, 0.3) is 0 Å². The molecule has 0 saturated heterocycles. The van der Waals surface area contributed by atoms with Crippen LogP contribution in [0.5, 0.6) is 0 Å². The standard InChI is InChI=1S/C11H7F7O2/c12-9(13,10(14,15)11(16,17)18)8(19)20-6-7-4-2-1-3-5-7/h1-5H,6H2. The van der Waals surface area contributed by atoms with Crippen LogP contribution in [0.2, 0.25) is 0 Å². The zero-order valence-electron chi connectivity index (χ0n) is 9.56. The number of halogens is 7. The highest BCUT2D eigenvalue weighted by Gasteiger charge is 2.77. The van der Waals surface area contributed by atoms with Crippen LogP contribution in [0.1, 0.15) is 5.56 Å². The molecule has 0 radical (unpaired) electrons. The molecular weight excluding hydrogens is 297 g/mol. The quantitative estimate of drug-likeness (QED) is 0.628. The number of hydrogen-bond acceptors (Lipinski definition) is 2. The van der Waals surface area contributed by atoms with Crippen LogP contribution in [0.4, 0.5) is 30.7 Å². The molecule has 0 aliphatic rings. The predicted octanol–water partition coefficient (Wildman–Crippen LogP) is 3.56. The van der Waals surface area contributed by atoms with Crippen LogP contribution < -0.4 is 0 Å². The summed E-state index contributed by atoms with van der Waals surface area (Å²) < 4.78 is 90.0. The van der Waals surface area contributed by atoms with Gasteiger partial charge in [-0.1, -0.05) is 30.3 Å². The van der Waals surface area contributed by atoms with Crippen LogP contribution in [0.3, 0.4) is 0 Å². The lowest BCUT2D eigenvalue weighted by Gasteiger charge is -2.26. The van der Waals surface area contributed by atoms with E-state index in [4.69, 9.17) is 0 Å². The van der Waals surface area contributed by atoms with E-state index in [-0.39, 0.29) is 5.56 Å². The summed E-state index contributed by atoms with van der Waals surface area (Å²) in [5.74, 6) is -15.4. The van der Waals surface area contributed by atoms with E-state index in [0.29, 0.717) is 0 Å². The van der Waals surface area contributed by atoms with Gasteiger partial charge in [0.15, 0.2) is 0 Å². The predicted molar refractivity (Wildman–Crippen MR) is 52.2 cm³/mol. The Bertz CT molecular complexity index is 467. The number of ether oxygens (including phenoxy) is 1. The van der Waals surface area contributed by atoms with Gasteiger partial charge in [-0.25, -0.2) is 4.79 Å². The first-order valence-electron chi connectivity index (χ1n) is 5.03. The number of carbonyl (C=O) groups excluding carboxylic acids is 1. The molecule has 20 heavy (non-hydrogen) atoms. The summed E-state index contributed by atoms with van der Waals surface area (Å²) in [5.41, 5.74) is 0.159. The Labute approximate surface area is 108 Å². The maximum atomic E-state index is 12.8. The smallest absolute Gasteiger partial charge is 0.456 e. The average molecular weight is 304 g/mol. The number of benzene rings is 1. The molecule has 0 amide bonds. The van der Waals surface area contributed by atoms with Crippen LogP contribution in [0.15, 0.2) is 30.3 Å². The van der Waals surface area contributed by atoms with Crippen LogP contribution in [-0.4, -0.2) is 24.0 Å². The summed E-state index contributed by atoms with van der Waals surface area (Å²) >= 11 is 0. The van der Waals surface area contributed by atoms with E-state index >= 15 is 0 Å². The second kappa shape index (κ2) is 5.29. The van der Waals surface area contributed by atoms with Crippen molar-refractivity contribution in [2.75, 3.05) is 0 Å². The van der Waals surface area contributed by atoms with Gasteiger partial charge in [0.25, 0.3) is 0 Å². The van der Waals surface area contributed by atoms with Gasteiger partial charge >= 0.3 is 24.0 Å². The zero-order valence-corrected chi connectivity index (χ0v) is 9.56. The molecule has 1 aromatic carbocycles. The molecule has 0 N–H and O–H groups in total. The first kappa shape index (κ1) is 16.3. The Hall–Kier alpha value is -1.80. The second-order valence-electron chi connectivity index (χ2n) is 3.71. The molecule has 1 aromatic rings. The first-order valence-corrected chi connectivity index (χ1v) is 5.03. The number of alkyl halides is 7. The lowest BCUT2D eigenvalue weighted by Crippen LogP contribution is -2.56. The molecule has 112 valence electrons. The van der Waals surface area contributed by atoms with Gasteiger partial charge in [0.1, 0.15) is 6.61 Å². The van der Waals surface area contributed by atoms with Gasteiger partial charge < -0.3 is 4.74 Å². The molecule has 0 bridgehead atoms. The van der Waals surface area contributed by atoms with Gasteiger partial charge in [0.05, 0.1) is 0 Å². The third-order valence-electron chi connectivity index (χ3n) is 2.22. The van der Waals surface area contributed by atoms with E-state index in [0.717, 1.165) is 0 Å². The fraction of sp³-hybridized carbons (Fsp3) is 0.364. The van der Waals surface area contributed by atoms with Crippen molar-refractivity contribution in [3.63, 3.8) is 0 Å². The Morgan fingerprint density at radius 3 is 1.90 bits per heavy atom. The van der Waals surface area contributed by atoms with Crippen molar-refractivity contribution in [1.29, 1.82) is 0 Å². The number of rotatable bonds is 4. The van der Waals surface area contributed by atoms with E-state index in [2.05, 4.69) is 4.74 Å². The first-order chi connectivity index (χ1) is 9.00. The largest absolute Gasteiger partial charge is 0.460 e. The molecular formula is C11H7F7O2. The minimum absolute atomic E-state index is 0.159. The molecule has 9 heteroatoms. The van der Waals surface area contributed by atoms with Crippen LogP contribution in [0, 0.1) is 0 Å². The van der Waals surface area contributed by atoms with Crippen LogP contribution >= 0.6 is 0 Å². The monoisotopic (exact) mass is 304 g/mol. The molecule has 0 aliphatic heterocycles. The van der Waals surface area contributed by atoms with Crippen molar-refractivity contribution in [2.45, 2.75) is 24.6 Å². The van der Waals surface area contributed by atoms with Crippen molar-refractivity contribution >= 4 is 5.97 Å².